The molecule has 2 atom stereocenters. The van der Waals surface area contributed by atoms with Crippen molar-refractivity contribution in [3.63, 3.8) is 0 Å². The summed E-state index contributed by atoms with van der Waals surface area (Å²) in [5.74, 6) is 0.854. The molecule has 1 saturated carbocycles. The largest absolute Gasteiger partial charge is 0.310 e. The average molecular weight is 235 g/mol. The fourth-order valence-corrected chi connectivity index (χ4v) is 3.87. The number of hydrogen-bond acceptors (Lipinski definition) is 1. The molecule has 17 heavy (non-hydrogen) atoms. The third kappa shape index (κ3) is 2.93. The van der Waals surface area contributed by atoms with Crippen LogP contribution in [0.25, 0.3) is 0 Å². The molecule has 0 spiro atoms. The fraction of sp³-hybridized carbons (Fsp3) is 0.875. The minimum atomic E-state index is 0.533. The molecule has 1 nitrogen and oxygen atoms in total. The molecule has 0 amide bonds. The van der Waals surface area contributed by atoms with Crippen LogP contribution < -0.4 is 5.32 Å². The maximum atomic E-state index is 3.78. The minimum absolute atomic E-state index is 0.533. The van der Waals surface area contributed by atoms with Crippen LogP contribution in [0.4, 0.5) is 0 Å². The molecule has 0 aromatic carbocycles. The van der Waals surface area contributed by atoms with Crippen LogP contribution in [0.1, 0.15) is 65.7 Å². The standard InChI is InChI=1S/C16H29N/c1-4-17-15(13-9-6-5-7-10-13)14-11-8-12-16(14,2)3/h9,14-15,17H,4-8,10-12H2,1-3H3. The van der Waals surface area contributed by atoms with Gasteiger partial charge in [-0.05, 0) is 56.4 Å². The molecule has 1 N–H and O–H groups in total. The van der Waals surface area contributed by atoms with Gasteiger partial charge in [-0.25, -0.2) is 0 Å². The Balaban J connectivity index is 2.13. The highest BCUT2D eigenvalue weighted by molar-refractivity contribution is 5.17. The van der Waals surface area contributed by atoms with Gasteiger partial charge < -0.3 is 5.32 Å². The van der Waals surface area contributed by atoms with E-state index in [-0.39, 0.29) is 0 Å². The van der Waals surface area contributed by atoms with Gasteiger partial charge in [0.15, 0.2) is 0 Å². The third-order valence-corrected chi connectivity index (χ3v) is 4.89. The Kier molecular flexibility index (Phi) is 4.30. The van der Waals surface area contributed by atoms with Gasteiger partial charge in [-0.2, -0.15) is 0 Å². The van der Waals surface area contributed by atoms with Crippen molar-refractivity contribution in [1.82, 2.24) is 5.32 Å². The zero-order chi connectivity index (χ0) is 12.3. The summed E-state index contributed by atoms with van der Waals surface area (Å²) < 4.78 is 0. The van der Waals surface area contributed by atoms with E-state index in [2.05, 4.69) is 32.2 Å². The van der Waals surface area contributed by atoms with Crippen LogP contribution in [0.2, 0.25) is 0 Å². The van der Waals surface area contributed by atoms with Crippen molar-refractivity contribution >= 4 is 0 Å². The Labute approximate surface area is 107 Å². The summed E-state index contributed by atoms with van der Waals surface area (Å²) in [4.78, 5) is 0. The molecule has 0 radical (unpaired) electrons. The van der Waals surface area contributed by atoms with Crippen LogP contribution >= 0.6 is 0 Å². The molecule has 2 aliphatic carbocycles. The normalized spacial score (nSPS) is 30.1. The first-order chi connectivity index (χ1) is 8.15. The van der Waals surface area contributed by atoms with Crippen LogP contribution in [-0.4, -0.2) is 12.6 Å². The van der Waals surface area contributed by atoms with Gasteiger partial charge in [0.2, 0.25) is 0 Å². The molecule has 0 aromatic heterocycles. The smallest absolute Gasteiger partial charge is 0.0312 e. The highest BCUT2D eigenvalue weighted by Gasteiger charge is 2.40. The van der Waals surface area contributed by atoms with Crippen molar-refractivity contribution in [1.29, 1.82) is 0 Å². The lowest BCUT2D eigenvalue weighted by Crippen LogP contribution is -2.42. The molecule has 0 saturated heterocycles. The lowest BCUT2D eigenvalue weighted by molar-refractivity contribution is 0.212. The van der Waals surface area contributed by atoms with Crippen LogP contribution in [-0.2, 0) is 0 Å². The molecule has 2 rings (SSSR count). The van der Waals surface area contributed by atoms with Crippen molar-refractivity contribution in [2.24, 2.45) is 11.3 Å². The van der Waals surface area contributed by atoms with E-state index in [1.54, 1.807) is 5.57 Å². The molecule has 98 valence electrons. The van der Waals surface area contributed by atoms with Gasteiger partial charge in [0.05, 0.1) is 0 Å². The van der Waals surface area contributed by atoms with Gasteiger partial charge in [0.25, 0.3) is 0 Å². The second-order valence-corrected chi connectivity index (χ2v) is 6.55. The Morgan fingerprint density at radius 1 is 1.35 bits per heavy atom. The summed E-state index contributed by atoms with van der Waals surface area (Å²) >= 11 is 0. The average Bonchev–Trinajstić information content (AvgIpc) is 2.67. The van der Waals surface area contributed by atoms with Crippen molar-refractivity contribution in [2.75, 3.05) is 6.54 Å². The zero-order valence-corrected chi connectivity index (χ0v) is 11.9. The molecule has 0 bridgehead atoms. The van der Waals surface area contributed by atoms with Gasteiger partial charge in [0, 0.05) is 6.04 Å². The molecule has 0 aromatic rings. The topological polar surface area (TPSA) is 12.0 Å². The van der Waals surface area contributed by atoms with Crippen molar-refractivity contribution < 1.29 is 0 Å². The van der Waals surface area contributed by atoms with Gasteiger partial charge >= 0.3 is 0 Å². The van der Waals surface area contributed by atoms with Gasteiger partial charge in [0.1, 0.15) is 0 Å². The summed E-state index contributed by atoms with van der Waals surface area (Å²) in [6, 6.07) is 0.665. The predicted molar refractivity (Wildman–Crippen MR) is 75.1 cm³/mol. The highest BCUT2D eigenvalue weighted by Crippen LogP contribution is 2.46. The summed E-state index contributed by atoms with van der Waals surface area (Å²) in [6.45, 7) is 8.30. The Morgan fingerprint density at radius 3 is 2.71 bits per heavy atom. The quantitative estimate of drug-likeness (QED) is 0.717. The molecular weight excluding hydrogens is 206 g/mol. The predicted octanol–water partition coefficient (Wildman–Crippen LogP) is 4.29. The lowest BCUT2D eigenvalue weighted by atomic mass is 9.73. The van der Waals surface area contributed by atoms with Gasteiger partial charge in [-0.3, -0.25) is 0 Å². The van der Waals surface area contributed by atoms with Crippen molar-refractivity contribution in [2.45, 2.75) is 71.8 Å². The third-order valence-electron chi connectivity index (χ3n) is 4.89. The number of nitrogens with one attached hydrogen (secondary N) is 1. The zero-order valence-electron chi connectivity index (χ0n) is 11.9. The first-order valence-corrected chi connectivity index (χ1v) is 7.57. The van der Waals surface area contributed by atoms with Crippen LogP contribution in [0, 0.1) is 11.3 Å². The van der Waals surface area contributed by atoms with Crippen molar-refractivity contribution in [3.05, 3.63) is 11.6 Å². The molecule has 2 aliphatic rings. The molecule has 2 unspecified atom stereocenters. The van der Waals surface area contributed by atoms with Crippen molar-refractivity contribution in [3.8, 4) is 0 Å². The Hall–Kier alpha value is -0.300. The second-order valence-electron chi connectivity index (χ2n) is 6.55. The van der Waals surface area contributed by atoms with E-state index in [0.29, 0.717) is 11.5 Å². The molecule has 0 aliphatic heterocycles. The Bertz CT molecular complexity index is 277. The van der Waals surface area contributed by atoms with E-state index < -0.39 is 0 Å². The number of hydrogen-bond donors (Lipinski definition) is 1. The van der Waals surface area contributed by atoms with E-state index in [1.807, 2.05) is 0 Å². The van der Waals surface area contributed by atoms with Crippen LogP contribution in [0.3, 0.4) is 0 Å². The second kappa shape index (κ2) is 5.56. The van der Waals surface area contributed by atoms with E-state index >= 15 is 0 Å². The van der Waals surface area contributed by atoms with E-state index in [0.717, 1.165) is 12.5 Å². The first kappa shape index (κ1) is 13.1. The Morgan fingerprint density at radius 2 is 2.18 bits per heavy atom. The summed E-state index contributed by atoms with van der Waals surface area (Å²) in [5, 5.41) is 3.78. The van der Waals surface area contributed by atoms with Crippen LogP contribution in [0.15, 0.2) is 11.6 Å². The van der Waals surface area contributed by atoms with Gasteiger partial charge in [-0.15, -0.1) is 0 Å². The fourth-order valence-electron chi connectivity index (χ4n) is 3.87. The first-order valence-electron chi connectivity index (χ1n) is 7.57. The maximum Gasteiger partial charge on any atom is 0.0312 e. The summed E-state index contributed by atoms with van der Waals surface area (Å²) in [6.07, 6.45) is 12.2. The maximum absolute atomic E-state index is 3.78. The highest BCUT2D eigenvalue weighted by atomic mass is 14.9. The van der Waals surface area contributed by atoms with Gasteiger partial charge in [-0.1, -0.05) is 38.8 Å². The molecule has 0 heterocycles. The number of rotatable bonds is 4. The van der Waals surface area contributed by atoms with E-state index in [4.69, 9.17) is 0 Å². The molecule has 1 heteroatoms. The minimum Gasteiger partial charge on any atom is -0.310 e. The van der Waals surface area contributed by atoms with E-state index in [9.17, 15) is 0 Å². The lowest BCUT2D eigenvalue weighted by Gasteiger charge is -2.37. The van der Waals surface area contributed by atoms with E-state index in [1.165, 1.54) is 44.9 Å². The van der Waals surface area contributed by atoms with Crippen LogP contribution in [0.5, 0.6) is 0 Å². The monoisotopic (exact) mass is 235 g/mol. The molecular formula is C16H29N. The summed E-state index contributed by atoms with van der Waals surface area (Å²) in [5.41, 5.74) is 2.25. The SMILES string of the molecule is CCNC(C1=CCCCC1)C1CCCC1(C)C. The molecule has 1 fully saturated rings. The summed E-state index contributed by atoms with van der Waals surface area (Å²) in [7, 11) is 0. The number of allylic oxidation sites excluding steroid dienone is 1. The number of likely N-dealkylation sites (N-methyl/N-ethyl adjacent to an activating group) is 1.